The van der Waals surface area contributed by atoms with Gasteiger partial charge in [0.25, 0.3) is 0 Å². The summed E-state index contributed by atoms with van der Waals surface area (Å²) in [5.41, 5.74) is 0.931. The van der Waals surface area contributed by atoms with Crippen LogP contribution in [-0.2, 0) is 11.8 Å². The SMILES string of the molecule is Cn1c(SCC2NC(=O)C3CCCCC3N2)nnc1-c1ccc2c(c1)OCO2. The van der Waals surface area contributed by atoms with Gasteiger partial charge in [-0.3, -0.25) is 10.1 Å². The van der Waals surface area contributed by atoms with Gasteiger partial charge in [0.15, 0.2) is 22.5 Å². The third-order valence-corrected chi connectivity index (χ3v) is 6.79. The van der Waals surface area contributed by atoms with E-state index >= 15 is 0 Å². The second-order valence-electron chi connectivity index (χ2n) is 7.47. The van der Waals surface area contributed by atoms with Crippen LogP contribution in [-0.4, -0.2) is 45.4 Å². The number of thioether (sulfide) groups is 1. The molecule has 1 saturated heterocycles. The Morgan fingerprint density at radius 2 is 2.07 bits per heavy atom. The van der Waals surface area contributed by atoms with E-state index in [1.165, 1.54) is 6.42 Å². The minimum absolute atomic E-state index is 0.0393. The molecule has 1 saturated carbocycles. The molecule has 3 heterocycles. The van der Waals surface area contributed by atoms with E-state index in [9.17, 15) is 4.79 Å². The fraction of sp³-hybridized carbons (Fsp3) is 0.526. The van der Waals surface area contributed by atoms with Crippen molar-refractivity contribution in [2.24, 2.45) is 13.0 Å². The molecule has 1 aromatic heterocycles. The van der Waals surface area contributed by atoms with Gasteiger partial charge in [-0.2, -0.15) is 0 Å². The highest BCUT2D eigenvalue weighted by molar-refractivity contribution is 7.99. The summed E-state index contributed by atoms with van der Waals surface area (Å²) in [6, 6.07) is 6.07. The molecule has 3 unspecified atom stereocenters. The Morgan fingerprint density at radius 1 is 1.21 bits per heavy atom. The molecule has 2 aromatic rings. The lowest BCUT2D eigenvalue weighted by Crippen LogP contribution is -2.62. The van der Waals surface area contributed by atoms with Gasteiger partial charge in [0, 0.05) is 24.4 Å². The van der Waals surface area contributed by atoms with Crippen LogP contribution in [0.3, 0.4) is 0 Å². The topological polar surface area (TPSA) is 90.3 Å². The second kappa shape index (κ2) is 7.29. The number of carbonyl (C=O) groups is 1. The second-order valence-corrected chi connectivity index (χ2v) is 8.46. The van der Waals surface area contributed by atoms with Gasteiger partial charge in [-0.05, 0) is 31.0 Å². The average Bonchev–Trinajstić information content (AvgIpc) is 3.32. The van der Waals surface area contributed by atoms with Crippen molar-refractivity contribution in [3.63, 3.8) is 0 Å². The van der Waals surface area contributed by atoms with Crippen molar-refractivity contribution in [3.05, 3.63) is 18.2 Å². The third-order valence-electron chi connectivity index (χ3n) is 5.68. The largest absolute Gasteiger partial charge is 0.454 e. The van der Waals surface area contributed by atoms with Crippen LogP contribution < -0.4 is 20.1 Å². The molecule has 2 N–H and O–H groups in total. The number of carbonyl (C=O) groups excluding carboxylic acids is 1. The molecule has 8 nitrogen and oxygen atoms in total. The van der Waals surface area contributed by atoms with Crippen LogP contribution in [0.1, 0.15) is 25.7 Å². The zero-order valence-electron chi connectivity index (χ0n) is 15.7. The maximum atomic E-state index is 12.4. The van der Waals surface area contributed by atoms with Gasteiger partial charge in [0.1, 0.15) is 0 Å². The zero-order chi connectivity index (χ0) is 19.1. The lowest BCUT2D eigenvalue weighted by atomic mass is 9.82. The molecule has 9 heteroatoms. The number of ether oxygens (including phenoxy) is 2. The number of nitrogens with zero attached hydrogens (tertiary/aromatic N) is 3. The summed E-state index contributed by atoms with van der Waals surface area (Å²) in [6.07, 6.45) is 4.38. The molecule has 1 aromatic carbocycles. The van der Waals surface area contributed by atoms with Crippen molar-refractivity contribution in [2.75, 3.05) is 12.5 Å². The van der Waals surface area contributed by atoms with Crippen LogP contribution in [0.2, 0.25) is 0 Å². The van der Waals surface area contributed by atoms with Crippen LogP contribution in [0, 0.1) is 5.92 Å². The molecule has 28 heavy (non-hydrogen) atoms. The predicted molar refractivity (Wildman–Crippen MR) is 104 cm³/mol. The molecule has 3 aliphatic rings. The molecular formula is C19H23N5O3S. The minimum Gasteiger partial charge on any atom is -0.454 e. The molecule has 0 bridgehead atoms. The zero-order valence-corrected chi connectivity index (χ0v) is 16.5. The quantitative estimate of drug-likeness (QED) is 0.757. The molecule has 2 fully saturated rings. The summed E-state index contributed by atoms with van der Waals surface area (Å²) in [5.74, 6) is 3.28. The van der Waals surface area contributed by atoms with Gasteiger partial charge in [-0.15, -0.1) is 10.2 Å². The number of rotatable bonds is 4. The van der Waals surface area contributed by atoms with Gasteiger partial charge in [0.05, 0.1) is 12.1 Å². The summed E-state index contributed by atoms with van der Waals surface area (Å²) in [6.45, 7) is 0.251. The molecule has 1 aliphatic carbocycles. The molecule has 0 spiro atoms. The van der Waals surface area contributed by atoms with Crippen LogP contribution in [0.25, 0.3) is 11.4 Å². The van der Waals surface area contributed by atoms with Crippen molar-refractivity contribution in [3.8, 4) is 22.9 Å². The van der Waals surface area contributed by atoms with Crippen molar-refractivity contribution in [1.82, 2.24) is 25.4 Å². The first-order valence-corrected chi connectivity index (χ1v) is 10.7. The first kappa shape index (κ1) is 17.8. The fourth-order valence-electron chi connectivity index (χ4n) is 4.20. The number of hydrogen-bond acceptors (Lipinski definition) is 7. The number of hydrogen-bond donors (Lipinski definition) is 2. The molecule has 0 radical (unpaired) electrons. The monoisotopic (exact) mass is 401 g/mol. The molecule has 2 aliphatic heterocycles. The number of nitrogens with one attached hydrogen (secondary N) is 2. The number of aromatic nitrogens is 3. The minimum atomic E-state index is -0.0393. The lowest BCUT2D eigenvalue weighted by Gasteiger charge is -2.40. The number of fused-ring (bicyclic) bond motifs is 2. The Kier molecular flexibility index (Phi) is 4.64. The highest BCUT2D eigenvalue weighted by Gasteiger charge is 2.37. The van der Waals surface area contributed by atoms with E-state index in [1.54, 1.807) is 11.8 Å². The van der Waals surface area contributed by atoms with Crippen molar-refractivity contribution >= 4 is 17.7 Å². The normalized spacial score (nSPS) is 26.0. The van der Waals surface area contributed by atoms with Gasteiger partial charge in [-0.25, -0.2) is 0 Å². The van der Waals surface area contributed by atoms with Crippen molar-refractivity contribution < 1.29 is 14.3 Å². The van der Waals surface area contributed by atoms with E-state index in [-0.39, 0.29) is 24.8 Å². The Morgan fingerprint density at radius 3 is 3.00 bits per heavy atom. The van der Waals surface area contributed by atoms with Gasteiger partial charge < -0.3 is 19.4 Å². The van der Waals surface area contributed by atoms with Gasteiger partial charge >= 0.3 is 0 Å². The van der Waals surface area contributed by atoms with Crippen molar-refractivity contribution in [1.29, 1.82) is 0 Å². The fourth-order valence-corrected chi connectivity index (χ4v) is 5.07. The van der Waals surface area contributed by atoms with Crippen LogP contribution in [0.4, 0.5) is 0 Å². The Labute approximate surface area is 167 Å². The van der Waals surface area contributed by atoms with E-state index in [4.69, 9.17) is 9.47 Å². The lowest BCUT2D eigenvalue weighted by molar-refractivity contribution is -0.130. The first-order chi connectivity index (χ1) is 13.7. The van der Waals surface area contributed by atoms with E-state index in [1.807, 2.05) is 29.8 Å². The molecular weight excluding hydrogens is 378 g/mol. The maximum absolute atomic E-state index is 12.4. The highest BCUT2D eigenvalue weighted by Crippen LogP contribution is 2.36. The third kappa shape index (κ3) is 3.22. The Balaban J connectivity index is 1.26. The molecule has 3 atom stereocenters. The van der Waals surface area contributed by atoms with E-state index in [2.05, 4.69) is 20.8 Å². The average molecular weight is 401 g/mol. The summed E-state index contributed by atoms with van der Waals surface area (Å²) in [7, 11) is 1.95. The maximum Gasteiger partial charge on any atom is 0.231 e. The molecule has 5 rings (SSSR count). The smallest absolute Gasteiger partial charge is 0.231 e. The van der Waals surface area contributed by atoms with E-state index < -0.39 is 0 Å². The van der Waals surface area contributed by atoms with Gasteiger partial charge in [0.2, 0.25) is 12.7 Å². The number of amides is 1. The predicted octanol–water partition coefficient (Wildman–Crippen LogP) is 1.91. The van der Waals surface area contributed by atoms with Crippen LogP contribution >= 0.6 is 11.8 Å². The summed E-state index contributed by atoms with van der Waals surface area (Å²) in [4.78, 5) is 12.4. The molecule has 148 valence electrons. The Bertz CT molecular complexity index is 902. The van der Waals surface area contributed by atoms with Gasteiger partial charge in [-0.1, -0.05) is 24.6 Å². The van der Waals surface area contributed by atoms with E-state index in [0.717, 1.165) is 47.3 Å². The number of benzene rings is 1. The van der Waals surface area contributed by atoms with Crippen LogP contribution in [0.15, 0.2) is 23.4 Å². The summed E-state index contributed by atoms with van der Waals surface area (Å²) in [5, 5.41) is 16.2. The Hall–Kier alpha value is -2.26. The first-order valence-electron chi connectivity index (χ1n) is 9.67. The highest BCUT2D eigenvalue weighted by atomic mass is 32.2. The summed E-state index contributed by atoms with van der Waals surface area (Å²) >= 11 is 1.59. The standard InChI is InChI=1S/C19H23N5O3S/c1-24-17(11-6-7-14-15(8-11)27-10-26-14)22-23-19(24)28-9-16-20-13-5-3-2-4-12(13)18(25)21-16/h6-8,12-13,16,20H,2-5,9-10H2,1H3,(H,21,25). The summed E-state index contributed by atoms with van der Waals surface area (Å²) < 4.78 is 12.8. The molecule has 1 amide bonds. The van der Waals surface area contributed by atoms with Crippen LogP contribution in [0.5, 0.6) is 11.5 Å². The van der Waals surface area contributed by atoms with E-state index in [0.29, 0.717) is 11.8 Å². The van der Waals surface area contributed by atoms with Crippen molar-refractivity contribution in [2.45, 2.75) is 43.0 Å².